The van der Waals surface area contributed by atoms with Gasteiger partial charge in [-0.15, -0.1) is 6.58 Å². The fourth-order valence-corrected chi connectivity index (χ4v) is 1.90. The number of carboxylic acids is 1. The maximum absolute atomic E-state index is 11.5. The molecule has 5 heteroatoms. The van der Waals surface area contributed by atoms with Gasteiger partial charge in [-0.1, -0.05) is 34.1 Å². The van der Waals surface area contributed by atoms with Crippen LogP contribution in [0.5, 0.6) is 0 Å². The van der Waals surface area contributed by atoms with E-state index in [0.717, 1.165) is 10.0 Å². The Morgan fingerprint density at radius 2 is 2.00 bits per heavy atom. The minimum absolute atomic E-state index is 0.0285. The van der Waals surface area contributed by atoms with Crippen LogP contribution < -0.4 is 5.32 Å². The molecule has 0 aliphatic heterocycles. The number of carbonyl (C=O) groups excluding carboxylic acids is 1. The van der Waals surface area contributed by atoms with Crippen LogP contribution in [0.3, 0.4) is 0 Å². The van der Waals surface area contributed by atoms with Crippen molar-refractivity contribution in [3.05, 3.63) is 47.0 Å². The number of nitrogens with one attached hydrogen (secondary N) is 1. The molecule has 0 aliphatic carbocycles. The molecule has 0 radical (unpaired) electrons. The van der Waals surface area contributed by atoms with Gasteiger partial charge in [0, 0.05) is 17.4 Å². The smallest absolute Gasteiger partial charge is 0.307 e. The molecule has 0 spiro atoms. The van der Waals surface area contributed by atoms with Gasteiger partial charge in [0.1, 0.15) is 0 Å². The van der Waals surface area contributed by atoms with Crippen molar-refractivity contribution in [1.82, 2.24) is 5.32 Å². The normalized spacial score (nSPS) is 11.6. The monoisotopic (exact) mass is 325 g/mol. The van der Waals surface area contributed by atoms with E-state index < -0.39 is 11.9 Å². The Kier molecular flexibility index (Phi) is 6.29. The van der Waals surface area contributed by atoms with E-state index in [1.807, 2.05) is 24.3 Å². The van der Waals surface area contributed by atoms with Gasteiger partial charge in [-0.3, -0.25) is 9.59 Å². The van der Waals surface area contributed by atoms with Crippen LogP contribution in [-0.2, 0) is 16.0 Å². The lowest BCUT2D eigenvalue weighted by atomic mass is 9.96. The Bertz CT molecular complexity index is 456. The van der Waals surface area contributed by atoms with Crippen molar-refractivity contribution in [3.8, 4) is 0 Å². The highest BCUT2D eigenvalue weighted by Crippen LogP contribution is 2.16. The van der Waals surface area contributed by atoms with Crippen molar-refractivity contribution in [2.75, 3.05) is 6.54 Å². The Labute approximate surface area is 120 Å². The van der Waals surface area contributed by atoms with Crippen LogP contribution >= 0.6 is 15.9 Å². The summed E-state index contributed by atoms with van der Waals surface area (Å²) in [5.74, 6) is -1.95. The van der Waals surface area contributed by atoms with Gasteiger partial charge in [0.15, 0.2) is 0 Å². The van der Waals surface area contributed by atoms with Crippen molar-refractivity contribution < 1.29 is 14.7 Å². The number of carboxylic acid groups (broad SMARTS) is 1. The van der Waals surface area contributed by atoms with Crippen LogP contribution in [0.1, 0.15) is 12.0 Å². The molecule has 1 amide bonds. The number of hydrogen-bond donors (Lipinski definition) is 2. The Morgan fingerprint density at radius 3 is 2.53 bits per heavy atom. The lowest BCUT2D eigenvalue weighted by molar-refractivity contribution is -0.144. The van der Waals surface area contributed by atoms with E-state index in [-0.39, 0.29) is 12.3 Å². The number of carbonyl (C=O) groups is 2. The van der Waals surface area contributed by atoms with Crippen molar-refractivity contribution in [3.63, 3.8) is 0 Å². The van der Waals surface area contributed by atoms with E-state index in [1.165, 1.54) is 0 Å². The first kappa shape index (κ1) is 15.4. The second-order valence-electron chi connectivity index (χ2n) is 4.16. The molecule has 4 nitrogen and oxygen atoms in total. The topological polar surface area (TPSA) is 66.4 Å². The lowest BCUT2D eigenvalue weighted by Crippen LogP contribution is -2.29. The number of amides is 1. The SMILES string of the molecule is C=CCNC(=O)CC(Cc1ccc(Br)cc1)C(=O)O. The number of benzene rings is 1. The molecule has 1 rings (SSSR count). The molecule has 0 saturated heterocycles. The molecule has 102 valence electrons. The average molecular weight is 326 g/mol. The second kappa shape index (κ2) is 7.74. The highest BCUT2D eigenvalue weighted by molar-refractivity contribution is 9.10. The zero-order valence-electron chi connectivity index (χ0n) is 10.4. The molecule has 0 fully saturated rings. The largest absolute Gasteiger partial charge is 0.481 e. The predicted octanol–water partition coefficient (Wildman–Crippen LogP) is 2.38. The minimum Gasteiger partial charge on any atom is -0.481 e. The third kappa shape index (κ3) is 5.70. The van der Waals surface area contributed by atoms with Crippen LogP contribution in [0.4, 0.5) is 0 Å². The van der Waals surface area contributed by atoms with Crippen molar-refractivity contribution in [2.24, 2.45) is 5.92 Å². The first-order valence-corrected chi connectivity index (χ1v) is 6.67. The van der Waals surface area contributed by atoms with E-state index in [2.05, 4.69) is 27.8 Å². The highest BCUT2D eigenvalue weighted by atomic mass is 79.9. The van der Waals surface area contributed by atoms with Crippen LogP contribution in [0.25, 0.3) is 0 Å². The zero-order valence-corrected chi connectivity index (χ0v) is 12.0. The van der Waals surface area contributed by atoms with Gasteiger partial charge >= 0.3 is 5.97 Å². The summed E-state index contributed by atoms with van der Waals surface area (Å²) in [7, 11) is 0. The molecular weight excluding hydrogens is 310 g/mol. The number of halogens is 1. The molecule has 2 N–H and O–H groups in total. The fourth-order valence-electron chi connectivity index (χ4n) is 1.63. The summed E-state index contributed by atoms with van der Waals surface area (Å²) in [5.41, 5.74) is 0.895. The van der Waals surface area contributed by atoms with Gasteiger partial charge in [-0.05, 0) is 24.1 Å². The van der Waals surface area contributed by atoms with E-state index in [1.54, 1.807) is 6.08 Å². The van der Waals surface area contributed by atoms with Gasteiger partial charge in [0.05, 0.1) is 5.92 Å². The fraction of sp³-hybridized carbons (Fsp3) is 0.286. The number of hydrogen-bond acceptors (Lipinski definition) is 2. The standard InChI is InChI=1S/C14H16BrNO3/c1-2-7-16-13(17)9-11(14(18)19)8-10-3-5-12(15)6-4-10/h2-6,11H,1,7-9H2,(H,16,17)(H,18,19). The zero-order chi connectivity index (χ0) is 14.3. The number of aliphatic carboxylic acids is 1. The Hall–Kier alpha value is -1.62. The van der Waals surface area contributed by atoms with Gasteiger partial charge < -0.3 is 10.4 Å². The molecule has 1 aromatic rings. The van der Waals surface area contributed by atoms with Crippen LogP contribution in [0.15, 0.2) is 41.4 Å². The molecule has 19 heavy (non-hydrogen) atoms. The molecule has 0 bridgehead atoms. The van der Waals surface area contributed by atoms with Crippen molar-refractivity contribution in [1.29, 1.82) is 0 Å². The lowest BCUT2D eigenvalue weighted by Gasteiger charge is -2.12. The Morgan fingerprint density at radius 1 is 1.37 bits per heavy atom. The summed E-state index contributed by atoms with van der Waals surface area (Å²) in [6.07, 6.45) is 1.87. The third-order valence-electron chi connectivity index (χ3n) is 2.62. The quantitative estimate of drug-likeness (QED) is 0.756. The first-order valence-electron chi connectivity index (χ1n) is 5.87. The molecule has 0 aromatic heterocycles. The summed E-state index contributed by atoms with van der Waals surface area (Å²) in [5, 5.41) is 11.7. The minimum atomic E-state index is -0.961. The molecule has 1 atom stereocenters. The molecule has 0 aliphatic rings. The maximum Gasteiger partial charge on any atom is 0.307 e. The maximum atomic E-state index is 11.5. The average Bonchev–Trinajstić information content (AvgIpc) is 2.38. The highest BCUT2D eigenvalue weighted by Gasteiger charge is 2.21. The summed E-state index contributed by atoms with van der Waals surface area (Å²) in [6, 6.07) is 7.40. The second-order valence-corrected chi connectivity index (χ2v) is 5.08. The van der Waals surface area contributed by atoms with Crippen LogP contribution in [0, 0.1) is 5.92 Å². The van der Waals surface area contributed by atoms with Crippen LogP contribution in [-0.4, -0.2) is 23.5 Å². The third-order valence-corrected chi connectivity index (χ3v) is 3.15. The van der Waals surface area contributed by atoms with Gasteiger partial charge in [0.2, 0.25) is 5.91 Å². The Balaban J connectivity index is 2.62. The molecule has 1 aromatic carbocycles. The number of rotatable bonds is 7. The molecule has 1 unspecified atom stereocenters. The van der Waals surface area contributed by atoms with E-state index >= 15 is 0 Å². The van der Waals surface area contributed by atoms with E-state index in [0.29, 0.717) is 13.0 Å². The molecule has 0 saturated carbocycles. The summed E-state index contributed by atoms with van der Waals surface area (Å²) < 4.78 is 0.937. The predicted molar refractivity (Wildman–Crippen MR) is 76.8 cm³/mol. The van der Waals surface area contributed by atoms with Gasteiger partial charge in [-0.2, -0.15) is 0 Å². The van der Waals surface area contributed by atoms with Gasteiger partial charge in [-0.25, -0.2) is 0 Å². The molecule has 0 heterocycles. The van der Waals surface area contributed by atoms with Crippen molar-refractivity contribution in [2.45, 2.75) is 12.8 Å². The van der Waals surface area contributed by atoms with Crippen LogP contribution in [0.2, 0.25) is 0 Å². The molecular formula is C14H16BrNO3. The summed E-state index contributed by atoms with van der Waals surface area (Å²) >= 11 is 3.32. The van der Waals surface area contributed by atoms with Crippen molar-refractivity contribution >= 4 is 27.8 Å². The summed E-state index contributed by atoms with van der Waals surface area (Å²) in [4.78, 5) is 22.7. The summed E-state index contributed by atoms with van der Waals surface area (Å²) in [6.45, 7) is 3.84. The van der Waals surface area contributed by atoms with Gasteiger partial charge in [0.25, 0.3) is 0 Å². The first-order chi connectivity index (χ1) is 9.02. The van der Waals surface area contributed by atoms with E-state index in [4.69, 9.17) is 5.11 Å². The van der Waals surface area contributed by atoms with E-state index in [9.17, 15) is 9.59 Å².